The predicted octanol–water partition coefficient (Wildman–Crippen LogP) is 11.2. The molecule has 1 aliphatic carbocycles. The van der Waals surface area contributed by atoms with Crippen LogP contribution in [-0.4, -0.2) is 4.57 Å². The van der Waals surface area contributed by atoms with Crippen LogP contribution in [0.1, 0.15) is 22.3 Å². The second-order valence-electron chi connectivity index (χ2n) is 12.4. The highest BCUT2D eigenvalue weighted by Crippen LogP contribution is 2.62. The van der Waals surface area contributed by atoms with Gasteiger partial charge in [0.2, 0.25) is 0 Å². The summed E-state index contributed by atoms with van der Waals surface area (Å²) in [5, 5.41) is 4.66. The van der Waals surface area contributed by atoms with Gasteiger partial charge >= 0.3 is 0 Å². The zero-order valence-electron chi connectivity index (χ0n) is 24.7. The summed E-state index contributed by atoms with van der Waals surface area (Å²) >= 11 is 0. The van der Waals surface area contributed by atoms with Crippen molar-refractivity contribution in [3.63, 3.8) is 0 Å². The quantitative estimate of drug-likeness (QED) is 0.191. The van der Waals surface area contributed by atoms with Crippen molar-refractivity contribution in [1.29, 1.82) is 0 Å². The molecule has 0 N–H and O–H groups in total. The first kappa shape index (κ1) is 24.3. The van der Waals surface area contributed by atoms with Gasteiger partial charge in [-0.3, -0.25) is 0 Å². The van der Waals surface area contributed by atoms with Gasteiger partial charge in [0.25, 0.3) is 0 Å². The number of rotatable bonds is 1. The second kappa shape index (κ2) is 8.56. The van der Waals surface area contributed by atoms with Crippen LogP contribution in [0.15, 0.2) is 156 Å². The molecule has 0 saturated carbocycles. The van der Waals surface area contributed by atoms with E-state index >= 15 is 0 Å². The van der Waals surface area contributed by atoms with Crippen molar-refractivity contribution in [3.05, 3.63) is 174 Å². The van der Waals surface area contributed by atoms with Crippen molar-refractivity contribution in [2.45, 2.75) is 5.41 Å². The highest BCUT2D eigenvalue weighted by molar-refractivity contribution is 6.11. The summed E-state index contributed by atoms with van der Waals surface area (Å²) in [5.74, 6) is 1.78. The average Bonchev–Trinajstić information content (AvgIpc) is 3.74. The van der Waals surface area contributed by atoms with Crippen LogP contribution in [0.25, 0.3) is 60.6 Å². The Bertz CT molecular complexity index is 2700. The van der Waals surface area contributed by atoms with E-state index in [1.165, 1.54) is 44.2 Å². The predicted molar refractivity (Wildman–Crippen MR) is 185 cm³/mol. The van der Waals surface area contributed by atoms with E-state index in [9.17, 15) is 0 Å². The molecule has 0 unspecified atom stereocenters. The smallest absolute Gasteiger partial charge is 0.137 e. The molecule has 0 fully saturated rings. The number of para-hydroxylation sites is 3. The first-order valence-corrected chi connectivity index (χ1v) is 15.8. The maximum Gasteiger partial charge on any atom is 0.137 e. The Morgan fingerprint density at radius 3 is 1.89 bits per heavy atom. The molecule has 2 aromatic heterocycles. The fourth-order valence-corrected chi connectivity index (χ4v) is 8.45. The lowest BCUT2D eigenvalue weighted by atomic mass is 9.66. The molecule has 3 nitrogen and oxygen atoms in total. The van der Waals surface area contributed by atoms with Crippen LogP contribution in [0.3, 0.4) is 0 Å². The summed E-state index contributed by atoms with van der Waals surface area (Å²) < 4.78 is 15.6. The van der Waals surface area contributed by atoms with Crippen molar-refractivity contribution >= 4 is 43.7 Å². The SMILES string of the molecule is c1ccc2c(c1)Oc1cc3c(cc1C21c2ccccc2-c2ccccc21)c1ccccc1n3-c1ccc2c(c1)oc1ccccc12. The Morgan fingerprint density at radius 1 is 0.413 bits per heavy atom. The van der Waals surface area contributed by atoms with Crippen LogP contribution in [0.5, 0.6) is 11.5 Å². The largest absolute Gasteiger partial charge is 0.457 e. The fraction of sp³-hybridized carbons (Fsp3) is 0.0233. The van der Waals surface area contributed by atoms with Gasteiger partial charge in [0.1, 0.15) is 22.7 Å². The molecule has 0 radical (unpaired) electrons. The molecule has 3 heterocycles. The zero-order chi connectivity index (χ0) is 30.0. The lowest BCUT2D eigenvalue weighted by Gasteiger charge is -2.39. The number of nitrogens with zero attached hydrogens (tertiary/aromatic N) is 1. The fourth-order valence-electron chi connectivity index (χ4n) is 8.45. The van der Waals surface area contributed by atoms with Crippen molar-refractivity contribution in [3.8, 4) is 28.3 Å². The minimum atomic E-state index is -0.498. The molecule has 0 saturated heterocycles. The molecule has 2 aliphatic rings. The van der Waals surface area contributed by atoms with E-state index in [1.54, 1.807) is 0 Å². The second-order valence-corrected chi connectivity index (χ2v) is 12.4. The Kier molecular flexibility index (Phi) is 4.52. The number of furan rings is 1. The van der Waals surface area contributed by atoms with Gasteiger partial charge in [-0.2, -0.15) is 0 Å². The summed E-state index contributed by atoms with van der Waals surface area (Å²) in [4.78, 5) is 0. The van der Waals surface area contributed by atoms with E-state index in [1.807, 2.05) is 12.1 Å². The molecule has 1 aliphatic heterocycles. The molecule has 9 aromatic rings. The first-order chi connectivity index (χ1) is 22.8. The molecule has 0 amide bonds. The van der Waals surface area contributed by atoms with Gasteiger partial charge in [-0.1, -0.05) is 103 Å². The number of benzene rings is 7. The Morgan fingerprint density at radius 2 is 1.07 bits per heavy atom. The van der Waals surface area contributed by atoms with Gasteiger partial charge < -0.3 is 13.7 Å². The van der Waals surface area contributed by atoms with Crippen molar-refractivity contribution < 1.29 is 9.15 Å². The van der Waals surface area contributed by atoms with E-state index in [4.69, 9.17) is 9.15 Å². The molecule has 214 valence electrons. The third kappa shape index (κ3) is 2.89. The van der Waals surface area contributed by atoms with Gasteiger partial charge in [0.15, 0.2) is 0 Å². The number of fused-ring (bicyclic) bond motifs is 15. The van der Waals surface area contributed by atoms with E-state index in [-0.39, 0.29) is 0 Å². The molecule has 11 rings (SSSR count). The minimum absolute atomic E-state index is 0.498. The molecule has 3 heteroatoms. The summed E-state index contributed by atoms with van der Waals surface area (Å²) in [6.07, 6.45) is 0. The monoisotopic (exact) mass is 587 g/mol. The Balaban J connectivity index is 1.26. The number of hydrogen-bond acceptors (Lipinski definition) is 2. The van der Waals surface area contributed by atoms with Crippen LogP contribution < -0.4 is 4.74 Å². The summed E-state index contributed by atoms with van der Waals surface area (Å²) in [6.45, 7) is 0. The van der Waals surface area contributed by atoms with E-state index in [0.29, 0.717) is 0 Å². The maximum absolute atomic E-state index is 6.87. The first-order valence-electron chi connectivity index (χ1n) is 15.8. The van der Waals surface area contributed by atoms with Gasteiger partial charge in [-0.05, 0) is 58.7 Å². The highest BCUT2D eigenvalue weighted by atomic mass is 16.5. The summed E-state index contributed by atoms with van der Waals surface area (Å²) in [7, 11) is 0. The van der Waals surface area contributed by atoms with E-state index in [0.717, 1.165) is 50.2 Å². The number of hydrogen-bond donors (Lipinski definition) is 0. The minimum Gasteiger partial charge on any atom is -0.457 e. The Hall–Kier alpha value is -6.06. The van der Waals surface area contributed by atoms with E-state index < -0.39 is 5.41 Å². The van der Waals surface area contributed by atoms with Crippen LogP contribution in [0, 0.1) is 0 Å². The highest BCUT2D eigenvalue weighted by Gasteiger charge is 2.51. The van der Waals surface area contributed by atoms with Crippen LogP contribution >= 0.6 is 0 Å². The lowest BCUT2D eigenvalue weighted by Crippen LogP contribution is -2.32. The average molecular weight is 588 g/mol. The third-order valence-electron chi connectivity index (χ3n) is 10.3. The molecular weight excluding hydrogens is 562 g/mol. The normalized spacial score (nSPS) is 14.0. The summed E-state index contributed by atoms with van der Waals surface area (Å²) in [6, 6.07) is 54.5. The van der Waals surface area contributed by atoms with Crippen molar-refractivity contribution in [2.24, 2.45) is 0 Å². The van der Waals surface area contributed by atoms with Gasteiger partial charge in [-0.25, -0.2) is 0 Å². The molecular formula is C43H25NO2. The Labute approximate surface area is 264 Å². The molecule has 0 atom stereocenters. The lowest BCUT2D eigenvalue weighted by molar-refractivity contribution is 0.437. The van der Waals surface area contributed by atoms with E-state index in [2.05, 4.69) is 144 Å². The van der Waals surface area contributed by atoms with Crippen molar-refractivity contribution in [1.82, 2.24) is 4.57 Å². The molecule has 0 bridgehead atoms. The molecule has 46 heavy (non-hydrogen) atoms. The van der Waals surface area contributed by atoms with Crippen LogP contribution in [0.2, 0.25) is 0 Å². The van der Waals surface area contributed by atoms with Crippen LogP contribution in [0.4, 0.5) is 0 Å². The molecule has 1 spiro atoms. The zero-order valence-corrected chi connectivity index (χ0v) is 24.7. The van der Waals surface area contributed by atoms with Crippen LogP contribution in [-0.2, 0) is 5.41 Å². The maximum atomic E-state index is 6.87. The van der Waals surface area contributed by atoms with Gasteiger partial charge in [0.05, 0.1) is 16.4 Å². The van der Waals surface area contributed by atoms with Gasteiger partial charge in [-0.15, -0.1) is 0 Å². The third-order valence-corrected chi connectivity index (χ3v) is 10.3. The standard InChI is InChI=1S/C43H25NO2/c1-5-15-33-27(11-1)28-12-2-6-16-34(28)43(33)35-17-7-10-20-40(35)46-42-25-38-32(24-36(42)43)29-13-3-8-18-37(29)44(38)26-21-22-31-30-14-4-9-19-39(30)45-41(31)23-26/h1-25H. The summed E-state index contributed by atoms with van der Waals surface area (Å²) in [5.41, 5.74) is 12.1. The number of aromatic nitrogens is 1. The van der Waals surface area contributed by atoms with Gasteiger partial charge in [0, 0.05) is 50.5 Å². The topological polar surface area (TPSA) is 27.3 Å². The molecule has 7 aromatic carbocycles. The number of ether oxygens (including phenoxy) is 1. The van der Waals surface area contributed by atoms with Crippen molar-refractivity contribution in [2.75, 3.05) is 0 Å².